The van der Waals surface area contributed by atoms with Crippen molar-refractivity contribution in [3.05, 3.63) is 11.7 Å². The molecule has 0 saturated carbocycles. The number of hydrogen-bond donors (Lipinski definition) is 1. The summed E-state index contributed by atoms with van der Waals surface area (Å²) in [5, 5.41) is 7.10. The monoisotopic (exact) mass is 224 g/mol. The van der Waals surface area contributed by atoms with E-state index in [1.54, 1.807) is 0 Å². The van der Waals surface area contributed by atoms with E-state index in [0.717, 1.165) is 25.3 Å². The van der Waals surface area contributed by atoms with Crippen molar-refractivity contribution in [3.63, 3.8) is 0 Å². The highest BCUT2D eigenvalue weighted by Gasteiger charge is 2.26. The first kappa shape index (κ1) is 11.5. The van der Waals surface area contributed by atoms with Gasteiger partial charge in [-0.2, -0.15) is 4.98 Å². The van der Waals surface area contributed by atoms with Crippen molar-refractivity contribution in [2.24, 2.45) is 0 Å². The third kappa shape index (κ3) is 2.41. The van der Waals surface area contributed by atoms with Crippen LogP contribution in [0.2, 0.25) is 0 Å². The molecule has 16 heavy (non-hydrogen) atoms. The molecule has 0 radical (unpaired) electrons. The average molecular weight is 224 g/mol. The summed E-state index contributed by atoms with van der Waals surface area (Å²) in [6.07, 6.45) is 3.69. The van der Waals surface area contributed by atoms with Crippen LogP contribution < -0.4 is 5.32 Å². The van der Waals surface area contributed by atoms with Crippen LogP contribution in [0.5, 0.6) is 0 Å². The van der Waals surface area contributed by atoms with E-state index >= 15 is 0 Å². The van der Waals surface area contributed by atoms with Crippen LogP contribution in [0.15, 0.2) is 4.52 Å². The van der Waals surface area contributed by atoms with Crippen LogP contribution in [0.1, 0.15) is 43.9 Å². The first-order valence-electron chi connectivity index (χ1n) is 6.06. The predicted molar refractivity (Wildman–Crippen MR) is 60.9 cm³/mol. The molecule has 90 valence electrons. The van der Waals surface area contributed by atoms with Gasteiger partial charge in [-0.1, -0.05) is 18.5 Å². The van der Waals surface area contributed by atoms with E-state index in [9.17, 15) is 0 Å². The average Bonchev–Trinajstić information content (AvgIpc) is 2.78. The predicted octanol–water partition coefficient (Wildman–Crippen LogP) is 1.34. The molecule has 5 heteroatoms. The van der Waals surface area contributed by atoms with Gasteiger partial charge >= 0.3 is 0 Å². The summed E-state index contributed by atoms with van der Waals surface area (Å²) in [5.74, 6) is 1.53. The quantitative estimate of drug-likeness (QED) is 0.836. The van der Waals surface area contributed by atoms with Crippen molar-refractivity contribution in [3.8, 4) is 0 Å². The number of hydrogen-bond acceptors (Lipinski definition) is 5. The fourth-order valence-corrected chi connectivity index (χ4v) is 2.29. The zero-order chi connectivity index (χ0) is 11.4. The van der Waals surface area contributed by atoms with E-state index in [1.165, 1.54) is 12.8 Å². The Morgan fingerprint density at radius 3 is 3.12 bits per heavy atom. The maximum atomic E-state index is 5.20. The van der Waals surface area contributed by atoms with Gasteiger partial charge < -0.3 is 9.84 Å². The Morgan fingerprint density at radius 2 is 2.38 bits per heavy atom. The molecule has 2 heterocycles. The van der Waals surface area contributed by atoms with Crippen molar-refractivity contribution in [1.82, 2.24) is 20.4 Å². The molecule has 1 aromatic heterocycles. The first-order chi connectivity index (χ1) is 7.85. The maximum Gasteiger partial charge on any atom is 0.240 e. The Hall–Kier alpha value is -0.940. The third-order valence-electron chi connectivity index (χ3n) is 3.13. The number of piperidine rings is 1. The molecule has 0 amide bonds. The maximum absolute atomic E-state index is 5.20. The van der Waals surface area contributed by atoms with E-state index in [4.69, 9.17) is 4.52 Å². The van der Waals surface area contributed by atoms with Crippen LogP contribution in [0.25, 0.3) is 0 Å². The van der Waals surface area contributed by atoms with E-state index in [2.05, 4.69) is 27.3 Å². The molecule has 2 rings (SSSR count). The smallest absolute Gasteiger partial charge is 0.240 e. The van der Waals surface area contributed by atoms with E-state index < -0.39 is 0 Å². The van der Waals surface area contributed by atoms with Crippen LogP contribution in [-0.4, -0.2) is 35.2 Å². The van der Waals surface area contributed by atoms with Gasteiger partial charge in [0.15, 0.2) is 5.82 Å². The lowest BCUT2D eigenvalue weighted by Gasteiger charge is -2.32. The minimum atomic E-state index is 0.355. The summed E-state index contributed by atoms with van der Waals surface area (Å²) in [4.78, 5) is 6.87. The van der Waals surface area contributed by atoms with Gasteiger partial charge in [-0.3, -0.25) is 4.90 Å². The summed E-state index contributed by atoms with van der Waals surface area (Å²) < 4.78 is 5.20. The number of likely N-dealkylation sites (tertiary alicyclic amines) is 1. The Labute approximate surface area is 96.2 Å². The third-order valence-corrected chi connectivity index (χ3v) is 3.13. The highest BCUT2D eigenvalue weighted by atomic mass is 16.5. The topological polar surface area (TPSA) is 54.2 Å². The summed E-state index contributed by atoms with van der Waals surface area (Å²) in [6, 6.07) is 0.355. The van der Waals surface area contributed by atoms with E-state index in [-0.39, 0.29) is 0 Å². The fraction of sp³-hybridized carbons (Fsp3) is 0.818. The van der Waals surface area contributed by atoms with Crippen molar-refractivity contribution in [2.45, 2.75) is 38.8 Å². The van der Waals surface area contributed by atoms with E-state index in [0.29, 0.717) is 18.5 Å². The first-order valence-corrected chi connectivity index (χ1v) is 6.06. The minimum Gasteiger partial charge on any atom is -0.338 e. The van der Waals surface area contributed by atoms with Gasteiger partial charge in [0.2, 0.25) is 5.89 Å². The number of aromatic nitrogens is 2. The van der Waals surface area contributed by atoms with Crippen LogP contribution in [0, 0.1) is 0 Å². The Kier molecular flexibility index (Phi) is 3.90. The van der Waals surface area contributed by atoms with Crippen LogP contribution in [0.3, 0.4) is 0 Å². The minimum absolute atomic E-state index is 0.355. The number of nitrogens with zero attached hydrogens (tertiary/aromatic N) is 3. The second kappa shape index (κ2) is 5.41. The van der Waals surface area contributed by atoms with Gasteiger partial charge in [0.25, 0.3) is 0 Å². The molecule has 0 bridgehead atoms. The molecule has 1 N–H and O–H groups in total. The van der Waals surface area contributed by atoms with Crippen molar-refractivity contribution >= 4 is 0 Å². The lowest BCUT2D eigenvalue weighted by atomic mass is 10.0. The Bertz CT molecular complexity index is 326. The highest BCUT2D eigenvalue weighted by Crippen LogP contribution is 2.28. The Morgan fingerprint density at radius 1 is 1.50 bits per heavy atom. The molecule has 1 aliphatic heterocycles. The second-order valence-electron chi connectivity index (χ2n) is 4.22. The van der Waals surface area contributed by atoms with Gasteiger partial charge in [0, 0.05) is 0 Å². The molecule has 1 unspecified atom stereocenters. The molecular weight excluding hydrogens is 204 g/mol. The fourth-order valence-electron chi connectivity index (χ4n) is 2.29. The standard InChI is InChI=1S/C11H20N4O/c1-3-15-7-5-4-6-9(15)11-13-10(8-12-2)16-14-11/h9,12H,3-8H2,1-2H3. The Balaban J connectivity index is 2.08. The molecule has 1 aliphatic rings. The summed E-state index contributed by atoms with van der Waals surface area (Å²) in [6.45, 7) is 5.04. The lowest BCUT2D eigenvalue weighted by molar-refractivity contribution is 0.147. The van der Waals surface area contributed by atoms with Crippen LogP contribution in [-0.2, 0) is 6.54 Å². The highest BCUT2D eigenvalue weighted by molar-refractivity contribution is 4.96. The van der Waals surface area contributed by atoms with Gasteiger partial charge in [0.05, 0.1) is 12.6 Å². The van der Waals surface area contributed by atoms with Gasteiger partial charge in [-0.05, 0) is 33.0 Å². The summed E-state index contributed by atoms with van der Waals surface area (Å²) >= 11 is 0. The zero-order valence-corrected chi connectivity index (χ0v) is 10.1. The van der Waals surface area contributed by atoms with Gasteiger partial charge in [-0.15, -0.1) is 0 Å². The zero-order valence-electron chi connectivity index (χ0n) is 10.1. The van der Waals surface area contributed by atoms with Gasteiger partial charge in [0.1, 0.15) is 0 Å². The normalized spacial score (nSPS) is 22.5. The number of rotatable bonds is 4. The molecule has 1 fully saturated rings. The van der Waals surface area contributed by atoms with Crippen molar-refractivity contribution < 1.29 is 4.52 Å². The van der Waals surface area contributed by atoms with Crippen molar-refractivity contribution in [1.29, 1.82) is 0 Å². The SMILES string of the molecule is CCN1CCCCC1c1noc(CNC)n1. The molecule has 1 aromatic rings. The molecule has 0 spiro atoms. The molecule has 5 nitrogen and oxygen atoms in total. The molecule has 1 atom stereocenters. The van der Waals surface area contributed by atoms with Crippen LogP contribution >= 0.6 is 0 Å². The van der Waals surface area contributed by atoms with Gasteiger partial charge in [-0.25, -0.2) is 0 Å². The van der Waals surface area contributed by atoms with Crippen LogP contribution in [0.4, 0.5) is 0 Å². The summed E-state index contributed by atoms with van der Waals surface area (Å²) in [5.41, 5.74) is 0. The second-order valence-corrected chi connectivity index (χ2v) is 4.22. The molecular formula is C11H20N4O. The van der Waals surface area contributed by atoms with Crippen molar-refractivity contribution in [2.75, 3.05) is 20.1 Å². The lowest BCUT2D eigenvalue weighted by Crippen LogP contribution is -2.33. The molecule has 0 aromatic carbocycles. The van der Waals surface area contributed by atoms with E-state index in [1.807, 2.05) is 7.05 Å². The summed E-state index contributed by atoms with van der Waals surface area (Å²) in [7, 11) is 1.88. The molecule has 1 saturated heterocycles. The molecule has 0 aliphatic carbocycles. The largest absolute Gasteiger partial charge is 0.338 e. The number of nitrogens with one attached hydrogen (secondary N) is 1.